The number of ether oxygens (including phenoxy) is 1. The Morgan fingerprint density at radius 2 is 2.00 bits per heavy atom. The van der Waals surface area contributed by atoms with Crippen molar-refractivity contribution in [2.75, 3.05) is 13.2 Å². The van der Waals surface area contributed by atoms with Crippen molar-refractivity contribution in [2.45, 2.75) is 57.9 Å². The lowest BCUT2D eigenvalue weighted by Gasteiger charge is -2.22. The largest absolute Gasteiger partial charge is 0.481 e. The van der Waals surface area contributed by atoms with Crippen LogP contribution in [-0.2, 0) is 14.3 Å². The van der Waals surface area contributed by atoms with Gasteiger partial charge in [0.05, 0.1) is 5.92 Å². The molecule has 5 nitrogen and oxygen atoms in total. The first-order valence-corrected chi connectivity index (χ1v) is 7.25. The summed E-state index contributed by atoms with van der Waals surface area (Å²) >= 11 is 0. The number of rotatable bonds is 7. The SMILES string of the molecule is CCOCCCC(=O)N[C@H]1CCCCC[C@H]1C(=O)O. The minimum atomic E-state index is -0.790. The molecule has 1 fully saturated rings. The molecule has 0 aromatic heterocycles. The molecule has 19 heavy (non-hydrogen) atoms. The van der Waals surface area contributed by atoms with Gasteiger partial charge in [0.2, 0.25) is 5.91 Å². The maximum atomic E-state index is 11.8. The molecule has 0 aromatic carbocycles. The molecule has 0 aromatic rings. The molecule has 1 aliphatic carbocycles. The predicted molar refractivity (Wildman–Crippen MR) is 71.9 cm³/mol. The van der Waals surface area contributed by atoms with Crippen LogP contribution in [0.15, 0.2) is 0 Å². The molecule has 0 aliphatic heterocycles. The molecule has 1 amide bonds. The molecular weight excluding hydrogens is 246 g/mol. The Kier molecular flexibility index (Phi) is 7.48. The van der Waals surface area contributed by atoms with Crippen molar-refractivity contribution in [3.63, 3.8) is 0 Å². The third-order valence-corrected chi connectivity index (χ3v) is 3.58. The zero-order valence-electron chi connectivity index (χ0n) is 11.7. The lowest BCUT2D eigenvalue weighted by molar-refractivity contribution is -0.143. The van der Waals surface area contributed by atoms with Crippen LogP contribution in [0.3, 0.4) is 0 Å². The van der Waals surface area contributed by atoms with Crippen LogP contribution in [0.5, 0.6) is 0 Å². The van der Waals surface area contributed by atoms with Crippen molar-refractivity contribution in [1.29, 1.82) is 0 Å². The first-order valence-electron chi connectivity index (χ1n) is 7.25. The minimum absolute atomic E-state index is 0.0575. The third kappa shape index (κ3) is 6.05. The van der Waals surface area contributed by atoms with Crippen molar-refractivity contribution in [2.24, 2.45) is 5.92 Å². The summed E-state index contributed by atoms with van der Waals surface area (Å²) in [5.41, 5.74) is 0. The number of carboxylic acid groups (broad SMARTS) is 1. The number of amides is 1. The molecule has 0 unspecified atom stereocenters. The summed E-state index contributed by atoms with van der Waals surface area (Å²) in [5, 5.41) is 12.1. The van der Waals surface area contributed by atoms with Gasteiger partial charge in [0.25, 0.3) is 0 Å². The van der Waals surface area contributed by atoms with E-state index < -0.39 is 11.9 Å². The van der Waals surface area contributed by atoms with Crippen LogP contribution in [0.25, 0.3) is 0 Å². The van der Waals surface area contributed by atoms with Crippen LogP contribution in [0, 0.1) is 5.92 Å². The van der Waals surface area contributed by atoms with Crippen molar-refractivity contribution < 1.29 is 19.4 Å². The summed E-state index contributed by atoms with van der Waals surface area (Å²) in [6.07, 6.45) is 5.52. The maximum Gasteiger partial charge on any atom is 0.308 e. The Morgan fingerprint density at radius 1 is 1.26 bits per heavy atom. The van der Waals surface area contributed by atoms with E-state index in [9.17, 15) is 14.7 Å². The molecular formula is C14H25NO4. The Labute approximate surface area is 114 Å². The summed E-state index contributed by atoms with van der Waals surface area (Å²) in [6, 6.07) is -0.209. The van der Waals surface area contributed by atoms with Gasteiger partial charge in [0, 0.05) is 25.7 Å². The fourth-order valence-corrected chi connectivity index (χ4v) is 2.53. The Bertz CT molecular complexity index is 293. The zero-order valence-corrected chi connectivity index (χ0v) is 11.7. The summed E-state index contributed by atoms with van der Waals surface area (Å²) in [4.78, 5) is 23.0. The number of carboxylic acids is 1. The zero-order chi connectivity index (χ0) is 14.1. The molecule has 1 saturated carbocycles. The van der Waals surface area contributed by atoms with Crippen molar-refractivity contribution in [1.82, 2.24) is 5.32 Å². The highest BCUT2D eigenvalue weighted by Gasteiger charge is 2.30. The summed E-state index contributed by atoms with van der Waals surface area (Å²) in [7, 11) is 0. The molecule has 110 valence electrons. The number of carbonyl (C=O) groups excluding carboxylic acids is 1. The average Bonchev–Trinajstić information content (AvgIpc) is 2.60. The molecule has 0 heterocycles. The van der Waals surface area contributed by atoms with Crippen molar-refractivity contribution >= 4 is 11.9 Å². The van der Waals surface area contributed by atoms with E-state index in [1.807, 2.05) is 6.92 Å². The van der Waals surface area contributed by atoms with E-state index in [1.165, 1.54) is 0 Å². The summed E-state index contributed by atoms with van der Waals surface area (Å²) < 4.78 is 5.18. The third-order valence-electron chi connectivity index (χ3n) is 3.58. The van der Waals surface area contributed by atoms with Gasteiger partial charge in [-0.05, 0) is 26.2 Å². The molecule has 1 rings (SSSR count). The second kappa shape index (κ2) is 8.91. The molecule has 0 radical (unpaired) electrons. The standard InChI is InChI=1S/C14H25NO4/c1-2-19-10-6-9-13(16)15-12-8-5-3-4-7-11(12)14(17)18/h11-12H,2-10H2,1H3,(H,15,16)(H,17,18)/t11-,12+/m1/s1. The van der Waals surface area contributed by atoms with E-state index in [1.54, 1.807) is 0 Å². The van der Waals surface area contributed by atoms with Crippen LogP contribution in [0.2, 0.25) is 0 Å². The fraction of sp³-hybridized carbons (Fsp3) is 0.857. The first kappa shape index (κ1) is 16.0. The number of aliphatic carboxylic acids is 1. The average molecular weight is 271 g/mol. The fourth-order valence-electron chi connectivity index (χ4n) is 2.53. The Balaban J connectivity index is 2.38. The normalized spacial score (nSPS) is 23.6. The van der Waals surface area contributed by atoms with E-state index in [4.69, 9.17) is 4.74 Å². The van der Waals surface area contributed by atoms with Crippen LogP contribution >= 0.6 is 0 Å². The smallest absolute Gasteiger partial charge is 0.308 e. The van der Waals surface area contributed by atoms with Gasteiger partial charge in [-0.3, -0.25) is 9.59 Å². The second-order valence-corrected chi connectivity index (χ2v) is 5.06. The minimum Gasteiger partial charge on any atom is -0.481 e. The second-order valence-electron chi connectivity index (χ2n) is 5.06. The van der Waals surface area contributed by atoms with E-state index in [2.05, 4.69) is 5.32 Å². The highest BCUT2D eigenvalue weighted by atomic mass is 16.5. The first-order chi connectivity index (χ1) is 9.15. The van der Waals surface area contributed by atoms with E-state index >= 15 is 0 Å². The summed E-state index contributed by atoms with van der Waals surface area (Å²) in [5.74, 6) is -1.28. The molecule has 5 heteroatoms. The van der Waals surface area contributed by atoms with Crippen LogP contribution < -0.4 is 5.32 Å². The van der Waals surface area contributed by atoms with Gasteiger partial charge >= 0.3 is 5.97 Å². The van der Waals surface area contributed by atoms with Gasteiger partial charge in [0.1, 0.15) is 0 Å². The molecule has 2 atom stereocenters. The monoisotopic (exact) mass is 271 g/mol. The maximum absolute atomic E-state index is 11.8. The molecule has 2 N–H and O–H groups in total. The van der Waals surface area contributed by atoms with E-state index in [0.717, 1.165) is 25.7 Å². The highest BCUT2D eigenvalue weighted by molar-refractivity contribution is 5.78. The number of nitrogens with one attached hydrogen (secondary N) is 1. The summed E-state index contributed by atoms with van der Waals surface area (Å²) in [6.45, 7) is 3.16. The number of hydrogen-bond donors (Lipinski definition) is 2. The van der Waals surface area contributed by atoms with Crippen molar-refractivity contribution in [3.8, 4) is 0 Å². The Morgan fingerprint density at radius 3 is 2.68 bits per heavy atom. The lowest BCUT2D eigenvalue weighted by Crippen LogP contribution is -2.42. The predicted octanol–water partition coefficient (Wildman–Crippen LogP) is 1.95. The molecule has 1 aliphatic rings. The molecule has 0 saturated heterocycles. The van der Waals surface area contributed by atoms with Crippen molar-refractivity contribution in [3.05, 3.63) is 0 Å². The van der Waals surface area contributed by atoms with E-state index in [-0.39, 0.29) is 11.9 Å². The van der Waals surface area contributed by atoms with Gasteiger partial charge in [-0.1, -0.05) is 19.3 Å². The van der Waals surface area contributed by atoms with Crippen LogP contribution in [-0.4, -0.2) is 36.2 Å². The Hall–Kier alpha value is -1.10. The number of hydrogen-bond acceptors (Lipinski definition) is 3. The topological polar surface area (TPSA) is 75.6 Å². The van der Waals surface area contributed by atoms with Crippen LogP contribution in [0.4, 0.5) is 0 Å². The molecule has 0 bridgehead atoms. The van der Waals surface area contributed by atoms with Gasteiger partial charge < -0.3 is 15.2 Å². The number of carbonyl (C=O) groups is 2. The van der Waals surface area contributed by atoms with Crippen LogP contribution in [0.1, 0.15) is 51.9 Å². The van der Waals surface area contributed by atoms with Gasteiger partial charge in [-0.2, -0.15) is 0 Å². The highest BCUT2D eigenvalue weighted by Crippen LogP contribution is 2.23. The van der Waals surface area contributed by atoms with Gasteiger partial charge in [-0.25, -0.2) is 0 Å². The lowest BCUT2D eigenvalue weighted by atomic mass is 9.94. The van der Waals surface area contributed by atoms with Gasteiger partial charge in [-0.15, -0.1) is 0 Å². The molecule has 0 spiro atoms. The quantitative estimate of drug-likeness (QED) is 0.548. The van der Waals surface area contributed by atoms with E-state index in [0.29, 0.717) is 32.5 Å². The van der Waals surface area contributed by atoms with Gasteiger partial charge in [0.15, 0.2) is 0 Å².